The molecule has 0 aliphatic rings. The van der Waals surface area contributed by atoms with E-state index in [1.54, 1.807) is 6.08 Å². The Kier molecular flexibility index (Phi) is 47.4. The largest absolute Gasteiger partial charge is 0.472 e. The van der Waals surface area contributed by atoms with Gasteiger partial charge in [-0.3, -0.25) is 13.8 Å². The minimum atomic E-state index is -4.36. The summed E-state index contributed by atoms with van der Waals surface area (Å²) in [6, 6.07) is -0.869. The first-order chi connectivity index (χ1) is 32.0. The van der Waals surface area contributed by atoms with Gasteiger partial charge in [-0.1, -0.05) is 229 Å². The van der Waals surface area contributed by atoms with Crippen molar-refractivity contribution in [2.45, 2.75) is 270 Å². The number of unbranched alkanes of at least 4 members (excludes halogenated alkanes) is 32. The van der Waals surface area contributed by atoms with Crippen LogP contribution in [-0.2, 0) is 18.4 Å². The number of nitrogens with zero attached hydrogens (tertiary/aromatic N) is 1. The maximum Gasteiger partial charge on any atom is 0.472 e. The van der Waals surface area contributed by atoms with E-state index in [9.17, 15) is 19.4 Å². The summed E-state index contributed by atoms with van der Waals surface area (Å²) in [6.07, 6.45) is 63.6. The van der Waals surface area contributed by atoms with E-state index < -0.39 is 20.0 Å². The topological polar surface area (TPSA) is 105 Å². The smallest absolute Gasteiger partial charge is 0.387 e. The highest BCUT2D eigenvalue weighted by Gasteiger charge is 2.27. The molecule has 0 saturated heterocycles. The Hall–Kier alpha value is -1.54. The Morgan fingerprint density at radius 3 is 1.21 bits per heavy atom. The van der Waals surface area contributed by atoms with Crippen molar-refractivity contribution in [2.24, 2.45) is 0 Å². The third-order valence-electron chi connectivity index (χ3n) is 12.5. The minimum Gasteiger partial charge on any atom is -0.387 e. The lowest BCUT2D eigenvalue weighted by atomic mass is 10.0. The molecule has 0 rings (SSSR count). The van der Waals surface area contributed by atoms with Crippen LogP contribution in [0, 0.1) is 0 Å². The Balaban J connectivity index is 4.21. The molecule has 0 heterocycles. The van der Waals surface area contributed by atoms with Gasteiger partial charge >= 0.3 is 7.82 Å². The number of hydrogen-bond acceptors (Lipinski definition) is 5. The van der Waals surface area contributed by atoms with Crippen LogP contribution in [0.4, 0.5) is 0 Å². The van der Waals surface area contributed by atoms with Crippen molar-refractivity contribution in [2.75, 3.05) is 40.9 Å². The molecular formula is C57H110N2O6P+. The minimum absolute atomic E-state index is 0.0536. The van der Waals surface area contributed by atoms with Gasteiger partial charge < -0.3 is 19.8 Å². The molecule has 0 aliphatic heterocycles. The second-order valence-corrected chi connectivity index (χ2v) is 21.7. The van der Waals surface area contributed by atoms with E-state index in [4.69, 9.17) is 9.05 Å². The first-order valence-corrected chi connectivity index (χ1v) is 29.5. The zero-order valence-electron chi connectivity index (χ0n) is 44.2. The van der Waals surface area contributed by atoms with Crippen LogP contribution in [0.25, 0.3) is 0 Å². The maximum absolute atomic E-state index is 13.0. The summed E-state index contributed by atoms with van der Waals surface area (Å²) < 4.78 is 23.7. The first kappa shape index (κ1) is 64.5. The number of likely N-dealkylation sites (N-methyl/N-ethyl adjacent to an activating group) is 1. The van der Waals surface area contributed by atoms with Gasteiger partial charge in [-0.15, -0.1) is 0 Å². The van der Waals surface area contributed by atoms with E-state index in [1.807, 2.05) is 27.2 Å². The lowest BCUT2D eigenvalue weighted by molar-refractivity contribution is -0.870. The van der Waals surface area contributed by atoms with Crippen LogP contribution in [-0.4, -0.2) is 73.4 Å². The number of phosphoric ester groups is 1. The summed E-state index contributed by atoms with van der Waals surface area (Å²) in [5, 5.41) is 13.9. The molecule has 0 aromatic carbocycles. The van der Waals surface area contributed by atoms with Crippen LogP contribution < -0.4 is 5.32 Å². The van der Waals surface area contributed by atoms with Gasteiger partial charge in [0.15, 0.2) is 0 Å². The molecule has 1 amide bonds. The number of amides is 1. The van der Waals surface area contributed by atoms with Gasteiger partial charge in [-0.25, -0.2) is 4.57 Å². The Morgan fingerprint density at radius 1 is 0.500 bits per heavy atom. The highest BCUT2D eigenvalue weighted by Crippen LogP contribution is 2.43. The highest BCUT2D eigenvalue weighted by molar-refractivity contribution is 7.47. The van der Waals surface area contributed by atoms with Crippen molar-refractivity contribution in [3.63, 3.8) is 0 Å². The molecule has 0 aromatic heterocycles. The SMILES string of the molecule is CCCCCCCCC/C=C/CC/C=C/CC/C=C/C(O)C(COP(=O)(O)OCC[N+](C)(C)C)NC(=O)CCCCCCCCCCCCCCCCC/C=C\CCCCCCCCCC. The molecule has 3 unspecified atom stereocenters. The van der Waals surface area contributed by atoms with Crippen molar-refractivity contribution in [3.05, 3.63) is 48.6 Å². The van der Waals surface area contributed by atoms with Gasteiger partial charge in [0.25, 0.3) is 0 Å². The second kappa shape index (κ2) is 48.5. The summed E-state index contributed by atoms with van der Waals surface area (Å²) in [5.41, 5.74) is 0. The lowest BCUT2D eigenvalue weighted by Gasteiger charge is -2.25. The van der Waals surface area contributed by atoms with Gasteiger partial charge in [0.05, 0.1) is 39.9 Å². The predicted octanol–water partition coefficient (Wildman–Crippen LogP) is 16.8. The molecule has 66 heavy (non-hydrogen) atoms. The second-order valence-electron chi connectivity index (χ2n) is 20.3. The fourth-order valence-electron chi connectivity index (χ4n) is 8.07. The van der Waals surface area contributed by atoms with Crippen LogP contribution in [0.3, 0.4) is 0 Å². The lowest BCUT2D eigenvalue weighted by Crippen LogP contribution is -2.45. The quantitative estimate of drug-likeness (QED) is 0.0243. The third kappa shape index (κ3) is 50.3. The van der Waals surface area contributed by atoms with Crippen molar-refractivity contribution in [1.82, 2.24) is 5.32 Å². The van der Waals surface area contributed by atoms with E-state index in [0.717, 1.165) is 44.9 Å². The van der Waals surface area contributed by atoms with Crippen molar-refractivity contribution < 1.29 is 32.9 Å². The normalized spacial score (nSPS) is 14.3. The number of allylic oxidation sites excluding steroid dienone is 7. The molecule has 0 aliphatic carbocycles. The molecule has 0 spiro atoms. The van der Waals surface area contributed by atoms with Gasteiger partial charge in [0.1, 0.15) is 13.2 Å². The molecule has 0 aromatic rings. The van der Waals surface area contributed by atoms with Crippen LogP contribution in [0.1, 0.15) is 258 Å². The Morgan fingerprint density at radius 2 is 0.833 bits per heavy atom. The predicted molar refractivity (Wildman–Crippen MR) is 286 cm³/mol. The fraction of sp³-hybridized carbons (Fsp3) is 0.842. The van der Waals surface area contributed by atoms with E-state index in [1.165, 1.54) is 193 Å². The highest BCUT2D eigenvalue weighted by atomic mass is 31.2. The molecule has 0 fully saturated rings. The summed E-state index contributed by atoms with van der Waals surface area (Å²) >= 11 is 0. The molecular weight excluding hydrogens is 840 g/mol. The average Bonchev–Trinajstić information content (AvgIpc) is 3.28. The van der Waals surface area contributed by atoms with Crippen LogP contribution in [0.2, 0.25) is 0 Å². The van der Waals surface area contributed by atoms with Gasteiger partial charge in [-0.05, 0) is 70.6 Å². The molecule has 3 N–H and O–H groups in total. The molecule has 8 nitrogen and oxygen atoms in total. The molecule has 0 saturated carbocycles. The summed E-state index contributed by atoms with van der Waals surface area (Å²) in [7, 11) is 1.55. The molecule has 388 valence electrons. The summed E-state index contributed by atoms with van der Waals surface area (Å²) in [4.78, 5) is 23.3. The van der Waals surface area contributed by atoms with Crippen molar-refractivity contribution >= 4 is 13.7 Å². The molecule has 0 radical (unpaired) electrons. The van der Waals surface area contributed by atoms with Gasteiger partial charge in [-0.2, -0.15) is 0 Å². The number of nitrogens with one attached hydrogen (secondary N) is 1. The maximum atomic E-state index is 13.0. The number of carbonyl (C=O) groups excluding carboxylic acids is 1. The summed E-state index contributed by atoms with van der Waals surface area (Å²) in [6.45, 7) is 4.80. The number of aliphatic hydroxyl groups excluding tert-OH is 1. The van der Waals surface area contributed by atoms with Crippen LogP contribution >= 0.6 is 7.82 Å². The number of quaternary nitrogens is 1. The Bertz CT molecular complexity index is 1210. The van der Waals surface area contributed by atoms with Gasteiger partial charge in [0, 0.05) is 6.42 Å². The summed E-state index contributed by atoms with van der Waals surface area (Å²) in [5.74, 6) is -0.189. The zero-order valence-corrected chi connectivity index (χ0v) is 45.1. The van der Waals surface area contributed by atoms with E-state index in [0.29, 0.717) is 17.4 Å². The van der Waals surface area contributed by atoms with E-state index in [2.05, 4.69) is 55.6 Å². The van der Waals surface area contributed by atoms with Crippen molar-refractivity contribution in [1.29, 1.82) is 0 Å². The fourth-order valence-corrected chi connectivity index (χ4v) is 8.81. The third-order valence-corrected chi connectivity index (χ3v) is 13.5. The van der Waals surface area contributed by atoms with Crippen molar-refractivity contribution in [3.8, 4) is 0 Å². The molecule has 0 bridgehead atoms. The number of phosphoric acid groups is 1. The van der Waals surface area contributed by atoms with Crippen LogP contribution in [0.15, 0.2) is 48.6 Å². The molecule has 3 atom stereocenters. The number of aliphatic hydroxyl groups is 1. The van der Waals surface area contributed by atoms with E-state index in [-0.39, 0.29) is 19.1 Å². The van der Waals surface area contributed by atoms with Crippen LogP contribution in [0.5, 0.6) is 0 Å². The zero-order chi connectivity index (χ0) is 48.5. The van der Waals surface area contributed by atoms with E-state index >= 15 is 0 Å². The average molecular weight is 950 g/mol. The first-order valence-electron chi connectivity index (χ1n) is 28.0. The van der Waals surface area contributed by atoms with Gasteiger partial charge in [0.2, 0.25) is 5.91 Å². The monoisotopic (exact) mass is 950 g/mol. The number of hydrogen-bond donors (Lipinski definition) is 3. The Labute approximate surface area is 409 Å². The number of carbonyl (C=O) groups is 1. The molecule has 9 heteroatoms. The number of rotatable bonds is 51. The standard InChI is InChI=1S/C57H109N2O6P/c1-6-8-10-12-14-16-18-20-22-24-25-26-27-28-29-30-31-32-33-35-37-39-41-43-45-47-49-51-57(61)58-55(54-65-66(62,63)64-53-52-59(3,4)5)56(60)50-48-46-44-42-40-38-36-34-23-21-19-17-15-13-11-9-7-2/h23-25,34,40,42,48,50,55-56,60H,6-22,26-33,35-39,41,43-47,49,51-54H2,1-5H3,(H-,58,61,62,63)/p+1/b25-24-,34-23+,42-40+,50-48+.